The Morgan fingerprint density at radius 1 is 0.643 bits per heavy atom. The van der Waals surface area contributed by atoms with Gasteiger partial charge in [-0.05, 0) is 12.8 Å². The largest absolute Gasteiger partial charge is 0.444 e. The van der Waals surface area contributed by atoms with Crippen molar-refractivity contribution in [2.75, 3.05) is 81.7 Å². The molecule has 0 aromatic carbocycles. The molecule has 28 heavy (non-hydrogen) atoms. The summed E-state index contributed by atoms with van der Waals surface area (Å²) in [5.74, 6) is 0. The molecule has 0 bridgehead atoms. The van der Waals surface area contributed by atoms with Gasteiger partial charge < -0.3 is 29.1 Å². The second-order valence-electron chi connectivity index (χ2n) is 8.57. The molecule has 0 heterocycles. The second kappa shape index (κ2) is 17.3. The molecule has 10 heteroatoms. The van der Waals surface area contributed by atoms with Gasteiger partial charge in [-0.3, -0.25) is 0 Å². The Balaban J connectivity index is -0.00000312. The molecule has 0 saturated heterocycles. The molecule has 0 aromatic heterocycles. The second-order valence-corrected chi connectivity index (χ2v) is 8.57. The molecular weight excluding hydrogens is 496 g/mol. The maximum atomic E-state index is 11.5. The number of carbonyl (C=O) groups is 2. The first kappa shape index (κ1) is 32.1. The summed E-state index contributed by atoms with van der Waals surface area (Å²) in [6.45, 7) is 3.65. The van der Waals surface area contributed by atoms with Crippen molar-refractivity contribution in [3.63, 3.8) is 0 Å². The number of amides is 2. The van der Waals surface area contributed by atoms with Crippen LogP contribution in [-0.2, 0) is 9.47 Å². The predicted octanol–water partition coefficient (Wildman–Crippen LogP) is 2.57. The third-order valence-corrected chi connectivity index (χ3v) is 3.63. The van der Waals surface area contributed by atoms with Crippen molar-refractivity contribution in [1.29, 1.82) is 0 Å². The molecule has 2 N–H and O–H groups in total. The van der Waals surface area contributed by atoms with Gasteiger partial charge >= 0.3 is 12.2 Å². The summed E-state index contributed by atoms with van der Waals surface area (Å²) in [4.78, 5) is 23.0. The SMILES string of the molecule is Br.Br.C[N+](C)(C)CCOC(=O)NCCCCCCNC(=O)OCC[N+](C)(C)C. The van der Waals surface area contributed by atoms with Crippen molar-refractivity contribution in [2.45, 2.75) is 25.7 Å². The predicted molar refractivity (Wildman–Crippen MR) is 124 cm³/mol. The molecule has 0 rings (SSSR count). The number of halogens is 2. The Kier molecular flexibility index (Phi) is 19.8. The molecule has 0 saturated carbocycles. The van der Waals surface area contributed by atoms with Crippen LogP contribution in [0.4, 0.5) is 9.59 Å². The molecule has 0 spiro atoms. The van der Waals surface area contributed by atoms with Gasteiger partial charge in [0.05, 0.1) is 42.3 Å². The first-order chi connectivity index (χ1) is 12.0. The molecule has 170 valence electrons. The lowest BCUT2D eigenvalue weighted by molar-refractivity contribution is -0.870. The van der Waals surface area contributed by atoms with Gasteiger partial charge in [0.2, 0.25) is 0 Å². The molecule has 0 radical (unpaired) electrons. The van der Waals surface area contributed by atoms with Crippen LogP contribution in [0, 0.1) is 0 Å². The van der Waals surface area contributed by atoms with Crippen molar-refractivity contribution < 1.29 is 28.0 Å². The van der Waals surface area contributed by atoms with Crippen LogP contribution in [0.25, 0.3) is 0 Å². The van der Waals surface area contributed by atoms with E-state index in [1.807, 2.05) is 0 Å². The number of hydrogen-bond donors (Lipinski definition) is 2. The van der Waals surface area contributed by atoms with E-state index in [9.17, 15) is 9.59 Å². The lowest BCUT2D eigenvalue weighted by Crippen LogP contribution is -2.39. The maximum Gasteiger partial charge on any atom is 0.407 e. The number of quaternary nitrogens is 2. The number of ether oxygens (including phenoxy) is 2. The maximum absolute atomic E-state index is 11.5. The van der Waals surface area contributed by atoms with E-state index >= 15 is 0 Å². The Labute approximate surface area is 192 Å². The van der Waals surface area contributed by atoms with E-state index in [4.69, 9.17) is 9.47 Å². The van der Waals surface area contributed by atoms with Crippen LogP contribution >= 0.6 is 34.0 Å². The van der Waals surface area contributed by atoms with Crippen LogP contribution < -0.4 is 10.6 Å². The minimum Gasteiger partial charge on any atom is -0.444 e. The molecule has 0 atom stereocenters. The number of hydrogen-bond acceptors (Lipinski definition) is 4. The van der Waals surface area contributed by atoms with Crippen LogP contribution in [0.5, 0.6) is 0 Å². The van der Waals surface area contributed by atoms with E-state index in [1.54, 1.807) is 0 Å². The molecule has 0 fully saturated rings. The number of rotatable bonds is 13. The van der Waals surface area contributed by atoms with Crippen LogP contribution in [0.1, 0.15) is 25.7 Å². The standard InChI is InChI=1S/C18H38N4O4.2BrH/c1-21(2,3)13-15-25-17(23)19-11-9-7-8-10-12-20-18(24)26-16-14-22(4,5)6;;/h7-16H2,1-6H3;2*1H/p+2. The lowest BCUT2D eigenvalue weighted by Gasteiger charge is -2.23. The molecule has 8 nitrogen and oxygen atoms in total. The summed E-state index contributed by atoms with van der Waals surface area (Å²) in [6, 6.07) is 0. The highest BCUT2D eigenvalue weighted by molar-refractivity contribution is 8.93. The highest BCUT2D eigenvalue weighted by atomic mass is 79.9. The molecule has 0 aliphatic carbocycles. The van der Waals surface area contributed by atoms with Crippen LogP contribution in [0.3, 0.4) is 0 Å². The highest BCUT2D eigenvalue weighted by Gasteiger charge is 2.09. The van der Waals surface area contributed by atoms with Crippen molar-refractivity contribution >= 4 is 46.1 Å². The molecule has 0 aliphatic heterocycles. The number of carbonyl (C=O) groups excluding carboxylic acids is 2. The number of nitrogens with one attached hydrogen (secondary N) is 2. The van der Waals surface area contributed by atoms with Crippen molar-refractivity contribution in [1.82, 2.24) is 10.6 Å². The van der Waals surface area contributed by atoms with Gasteiger partial charge in [0.25, 0.3) is 0 Å². The number of nitrogens with zero attached hydrogens (tertiary/aromatic N) is 2. The van der Waals surface area contributed by atoms with Crippen molar-refractivity contribution in [2.24, 2.45) is 0 Å². The number of likely N-dealkylation sites (N-methyl/N-ethyl adjacent to an activating group) is 2. The van der Waals surface area contributed by atoms with Gasteiger partial charge in [-0.2, -0.15) is 0 Å². The summed E-state index contributed by atoms with van der Waals surface area (Å²) in [5, 5.41) is 5.51. The Hall–Kier alpha value is -0.580. The fourth-order valence-corrected chi connectivity index (χ4v) is 1.91. The summed E-state index contributed by atoms with van der Waals surface area (Å²) >= 11 is 0. The average Bonchev–Trinajstić information content (AvgIpc) is 2.47. The van der Waals surface area contributed by atoms with Gasteiger partial charge in [-0.25, -0.2) is 9.59 Å². The Morgan fingerprint density at radius 2 is 0.964 bits per heavy atom. The summed E-state index contributed by atoms with van der Waals surface area (Å²) < 4.78 is 11.8. The number of unbranched alkanes of at least 4 members (excludes halogenated alkanes) is 3. The quantitative estimate of drug-likeness (QED) is 0.279. The van der Waals surface area contributed by atoms with Crippen molar-refractivity contribution in [3.05, 3.63) is 0 Å². The Bertz CT molecular complexity index is 375. The lowest BCUT2D eigenvalue weighted by atomic mass is 10.2. The van der Waals surface area contributed by atoms with E-state index in [1.165, 1.54) is 0 Å². The summed E-state index contributed by atoms with van der Waals surface area (Å²) in [6.07, 6.45) is 3.10. The van der Waals surface area contributed by atoms with E-state index in [0.717, 1.165) is 47.7 Å². The average molecular weight is 538 g/mol. The van der Waals surface area contributed by atoms with E-state index in [2.05, 4.69) is 52.9 Å². The minimum atomic E-state index is -0.350. The van der Waals surface area contributed by atoms with Crippen LogP contribution in [0.15, 0.2) is 0 Å². The Morgan fingerprint density at radius 3 is 1.25 bits per heavy atom. The zero-order valence-electron chi connectivity index (χ0n) is 18.4. The molecular formula is C18H42Br2N4O4+2. The van der Waals surface area contributed by atoms with Crippen LogP contribution in [0.2, 0.25) is 0 Å². The van der Waals surface area contributed by atoms with Crippen molar-refractivity contribution in [3.8, 4) is 0 Å². The zero-order chi connectivity index (χ0) is 20.1. The smallest absolute Gasteiger partial charge is 0.407 e. The third kappa shape index (κ3) is 25.4. The first-order valence-electron chi connectivity index (χ1n) is 9.42. The first-order valence-corrected chi connectivity index (χ1v) is 9.42. The summed E-state index contributed by atoms with van der Waals surface area (Å²) in [7, 11) is 12.3. The van der Waals surface area contributed by atoms with Gasteiger partial charge in [-0.1, -0.05) is 12.8 Å². The van der Waals surface area contributed by atoms with Gasteiger partial charge in [0.15, 0.2) is 0 Å². The van der Waals surface area contributed by atoms with Crippen LogP contribution in [-0.4, -0.2) is 103 Å². The molecule has 0 aromatic rings. The normalized spacial score (nSPS) is 10.9. The molecule has 0 aliphatic rings. The van der Waals surface area contributed by atoms with Gasteiger partial charge in [0.1, 0.15) is 26.3 Å². The van der Waals surface area contributed by atoms with E-state index in [-0.39, 0.29) is 46.1 Å². The van der Waals surface area contributed by atoms with E-state index < -0.39 is 0 Å². The highest BCUT2D eigenvalue weighted by Crippen LogP contribution is 1.98. The topological polar surface area (TPSA) is 76.7 Å². The van der Waals surface area contributed by atoms with Gasteiger partial charge in [-0.15, -0.1) is 34.0 Å². The monoisotopic (exact) mass is 536 g/mol. The molecule has 2 amide bonds. The zero-order valence-corrected chi connectivity index (χ0v) is 21.8. The van der Waals surface area contributed by atoms with E-state index in [0.29, 0.717) is 26.3 Å². The summed E-state index contributed by atoms with van der Waals surface area (Å²) in [5.41, 5.74) is 0. The molecule has 0 unspecified atom stereocenters. The fraction of sp³-hybridized carbons (Fsp3) is 0.889. The number of alkyl carbamates (subject to hydrolysis) is 2. The minimum absolute atomic E-state index is 0. The van der Waals surface area contributed by atoms with Gasteiger partial charge in [0, 0.05) is 13.1 Å². The third-order valence-electron chi connectivity index (χ3n) is 3.63. The fourth-order valence-electron chi connectivity index (χ4n) is 1.91.